The van der Waals surface area contributed by atoms with Crippen LogP contribution in [0.2, 0.25) is 0 Å². The zero-order valence-corrected chi connectivity index (χ0v) is 15.4. The van der Waals surface area contributed by atoms with Gasteiger partial charge in [-0.25, -0.2) is 0 Å². The van der Waals surface area contributed by atoms with Crippen molar-refractivity contribution in [2.24, 2.45) is 4.99 Å². The van der Waals surface area contributed by atoms with Crippen molar-refractivity contribution in [1.29, 1.82) is 0 Å². The van der Waals surface area contributed by atoms with Crippen LogP contribution in [-0.2, 0) is 6.54 Å². The molecule has 1 aliphatic rings. The molecule has 1 fully saturated rings. The average Bonchev–Trinajstić information content (AvgIpc) is 3.26. The Balaban J connectivity index is 1.47. The first-order valence-electron chi connectivity index (χ1n) is 8.20. The summed E-state index contributed by atoms with van der Waals surface area (Å²) in [6.07, 6.45) is 4.85. The van der Waals surface area contributed by atoms with Gasteiger partial charge in [-0.05, 0) is 40.5 Å². The van der Waals surface area contributed by atoms with Gasteiger partial charge < -0.3 is 15.5 Å². The first kappa shape index (κ1) is 16.8. The lowest BCUT2D eigenvalue weighted by atomic mass is 10.3. The monoisotopic (exact) mass is 390 g/mol. The fourth-order valence-corrected chi connectivity index (χ4v) is 3.45. The highest BCUT2D eigenvalue weighted by atomic mass is 79.9. The number of benzene rings is 1. The van der Waals surface area contributed by atoms with Gasteiger partial charge in [-0.3, -0.25) is 9.67 Å². The van der Waals surface area contributed by atoms with E-state index in [2.05, 4.69) is 59.8 Å². The van der Waals surface area contributed by atoms with Crippen LogP contribution in [0.3, 0.4) is 0 Å². The van der Waals surface area contributed by atoms with Crippen molar-refractivity contribution < 1.29 is 0 Å². The third-order valence-corrected chi connectivity index (χ3v) is 4.81. The predicted molar refractivity (Wildman–Crippen MR) is 101 cm³/mol. The fraction of sp³-hybridized carbons (Fsp3) is 0.412. The third-order valence-electron chi connectivity index (χ3n) is 4.14. The summed E-state index contributed by atoms with van der Waals surface area (Å²) in [5.74, 6) is 0.848. The van der Waals surface area contributed by atoms with E-state index in [4.69, 9.17) is 0 Å². The zero-order valence-electron chi connectivity index (χ0n) is 13.8. The number of aliphatic imine (C=N–C) groups is 1. The highest BCUT2D eigenvalue weighted by Gasteiger charge is 2.24. The number of nitrogens with one attached hydrogen (secondary N) is 2. The Bertz CT molecular complexity index is 669. The molecule has 1 atom stereocenters. The number of hydrogen-bond acceptors (Lipinski definition) is 3. The largest absolute Gasteiger partial charge is 0.368 e. The number of aromatic nitrogens is 2. The van der Waals surface area contributed by atoms with Crippen molar-refractivity contribution in [2.75, 3.05) is 31.6 Å². The molecule has 1 unspecified atom stereocenters. The van der Waals surface area contributed by atoms with Crippen LogP contribution >= 0.6 is 15.9 Å². The van der Waals surface area contributed by atoms with Gasteiger partial charge in [0.15, 0.2) is 5.96 Å². The maximum atomic E-state index is 4.32. The number of hydrogen-bond donors (Lipinski definition) is 2. The second kappa shape index (κ2) is 8.19. The van der Waals surface area contributed by atoms with Crippen molar-refractivity contribution in [1.82, 2.24) is 20.4 Å². The summed E-state index contributed by atoms with van der Waals surface area (Å²) in [6.45, 7) is 3.64. The van der Waals surface area contributed by atoms with E-state index in [-0.39, 0.29) is 0 Å². The quantitative estimate of drug-likeness (QED) is 0.606. The summed E-state index contributed by atoms with van der Waals surface area (Å²) in [5, 5.41) is 11.1. The average molecular weight is 391 g/mol. The minimum atomic E-state index is 0.396. The Hall–Kier alpha value is -2.02. The number of rotatable bonds is 5. The van der Waals surface area contributed by atoms with Crippen LogP contribution in [0.5, 0.6) is 0 Å². The number of guanidine groups is 1. The van der Waals surface area contributed by atoms with Crippen LogP contribution in [-0.4, -0.2) is 48.5 Å². The van der Waals surface area contributed by atoms with E-state index in [9.17, 15) is 0 Å². The van der Waals surface area contributed by atoms with Gasteiger partial charge in [-0.2, -0.15) is 5.10 Å². The van der Waals surface area contributed by atoms with Gasteiger partial charge in [-0.1, -0.05) is 12.1 Å². The Morgan fingerprint density at radius 2 is 2.25 bits per heavy atom. The minimum absolute atomic E-state index is 0.396. The van der Waals surface area contributed by atoms with Gasteiger partial charge in [0.1, 0.15) is 0 Å². The smallest absolute Gasteiger partial charge is 0.191 e. The molecule has 2 heterocycles. The topological polar surface area (TPSA) is 57.5 Å². The highest BCUT2D eigenvalue weighted by molar-refractivity contribution is 9.10. The van der Waals surface area contributed by atoms with E-state index < -0.39 is 0 Å². The SMILES string of the molecule is CN=C(NCCn1cccn1)NC1CCN(c2ccccc2Br)C1. The number of para-hydroxylation sites is 1. The molecule has 0 bridgehead atoms. The van der Waals surface area contributed by atoms with Gasteiger partial charge in [0.2, 0.25) is 0 Å². The Morgan fingerprint density at radius 1 is 1.38 bits per heavy atom. The van der Waals surface area contributed by atoms with E-state index in [1.807, 2.05) is 30.1 Å². The molecule has 7 heteroatoms. The predicted octanol–water partition coefficient (Wildman–Crippen LogP) is 2.09. The van der Waals surface area contributed by atoms with Gasteiger partial charge in [0, 0.05) is 49.6 Å². The fourth-order valence-electron chi connectivity index (χ4n) is 2.91. The van der Waals surface area contributed by atoms with E-state index in [1.54, 1.807) is 6.20 Å². The van der Waals surface area contributed by atoms with Gasteiger partial charge in [0.05, 0.1) is 12.2 Å². The molecule has 6 nitrogen and oxygen atoms in total. The van der Waals surface area contributed by atoms with Crippen molar-refractivity contribution >= 4 is 27.6 Å². The van der Waals surface area contributed by atoms with Gasteiger partial charge >= 0.3 is 0 Å². The standard InChI is InChI=1S/C17H23BrN6/c1-19-17(20-9-12-24-10-4-8-21-24)22-14-7-11-23(13-14)16-6-3-2-5-15(16)18/h2-6,8,10,14H,7,9,11-13H2,1H3,(H2,19,20,22). The van der Waals surface area contributed by atoms with Crippen LogP contribution in [0, 0.1) is 0 Å². The second-order valence-electron chi connectivity index (χ2n) is 5.80. The van der Waals surface area contributed by atoms with Crippen LogP contribution < -0.4 is 15.5 Å². The molecular weight excluding hydrogens is 368 g/mol. The molecule has 1 saturated heterocycles. The molecule has 1 aliphatic heterocycles. The lowest BCUT2D eigenvalue weighted by Crippen LogP contribution is -2.45. The normalized spacial score (nSPS) is 18.0. The molecule has 0 spiro atoms. The molecule has 1 aromatic carbocycles. The van der Waals surface area contributed by atoms with Crippen LogP contribution in [0.4, 0.5) is 5.69 Å². The first-order chi connectivity index (χ1) is 11.8. The lowest BCUT2D eigenvalue weighted by molar-refractivity contribution is 0.587. The molecule has 2 aromatic rings. The van der Waals surface area contributed by atoms with E-state index in [0.717, 1.165) is 43.0 Å². The van der Waals surface area contributed by atoms with Crippen molar-refractivity contribution in [3.05, 3.63) is 47.2 Å². The first-order valence-corrected chi connectivity index (χ1v) is 8.99. The molecule has 24 heavy (non-hydrogen) atoms. The Kier molecular flexibility index (Phi) is 5.74. The molecule has 2 N–H and O–H groups in total. The lowest BCUT2D eigenvalue weighted by Gasteiger charge is -2.21. The molecule has 1 aromatic heterocycles. The van der Waals surface area contributed by atoms with Crippen molar-refractivity contribution in [3.8, 4) is 0 Å². The zero-order chi connectivity index (χ0) is 16.8. The highest BCUT2D eigenvalue weighted by Crippen LogP contribution is 2.28. The van der Waals surface area contributed by atoms with E-state index >= 15 is 0 Å². The molecule has 0 saturated carbocycles. The molecule has 3 rings (SSSR count). The molecular formula is C17H23BrN6. The molecule has 128 valence electrons. The minimum Gasteiger partial charge on any atom is -0.368 e. The summed E-state index contributed by atoms with van der Waals surface area (Å²) >= 11 is 3.64. The maximum Gasteiger partial charge on any atom is 0.191 e. The molecule has 0 radical (unpaired) electrons. The number of anilines is 1. The van der Waals surface area contributed by atoms with Gasteiger partial charge in [0.25, 0.3) is 0 Å². The van der Waals surface area contributed by atoms with Crippen molar-refractivity contribution in [3.63, 3.8) is 0 Å². The number of nitrogens with zero attached hydrogens (tertiary/aromatic N) is 4. The summed E-state index contributed by atoms with van der Waals surface area (Å²) in [5.41, 5.74) is 1.25. The molecule has 0 aliphatic carbocycles. The summed E-state index contributed by atoms with van der Waals surface area (Å²) in [7, 11) is 1.81. The Morgan fingerprint density at radius 3 is 3.00 bits per heavy atom. The summed E-state index contributed by atoms with van der Waals surface area (Å²) in [4.78, 5) is 6.72. The van der Waals surface area contributed by atoms with E-state index in [0.29, 0.717) is 6.04 Å². The summed E-state index contributed by atoms with van der Waals surface area (Å²) < 4.78 is 3.05. The number of halogens is 1. The van der Waals surface area contributed by atoms with Crippen LogP contribution in [0.1, 0.15) is 6.42 Å². The van der Waals surface area contributed by atoms with Crippen molar-refractivity contribution in [2.45, 2.75) is 19.0 Å². The maximum absolute atomic E-state index is 4.32. The van der Waals surface area contributed by atoms with Gasteiger partial charge in [-0.15, -0.1) is 0 Å². The molecule has 0 amide bonds. The second-order valence-corrected chi connectivity index (χ2v) is 6.65. The third kappa shape index (κ3) is 4.29. The van der Waals surface area contributed by atoms with Crippen LogP contribution in [0.15, 0.2) is 52.2 Å². The van der Waals surface area contributed by atoms with E-state index in [1.165, 1.54) is 5.69 Å². The summed E-state index contributed by atoms with van der Waals surface area (Å²) in [6, 6.07) is 10.7. The Labute approximate surface area is 151 Å². The van der Waals surface area contributed by atoms with Crippen LogP contribution in [0.25, 0.3) is 0 Å².